The summed E-state index contributed by atoms with van der Waals surface area (Å²) >= 11 is 17.6. The van der Waals surface area contributed by atoms with Crippen molar-refractivity contribution >= 4 is 40.7 Å². The van der Waals surface area contributed by atoms with Gasteiger partial charge in [-0.15, -0.1) is 13.2 Å². The fourth-order valence-electron chi connectivity index (χ4n) is 1.44. The van der Waals surface area contributed by atoms with E-state index in [9.17, 15) is 4.79 Å². The number of rotatable bonds is 7. The van der Waals surface area contributed by atoms with Crippen molar-refractivity contribution in [3.05, 3.63) is 52.5 Å². The molecular formula is C14H14Cl3NO2. The maximum absolute atomic E-state index is 12.0. The van der Waals surface area contributed by atoms with Crippen LogP contribution in [0.1, 0.15) is 0 Å². The Bertz CT molecular complexity index is 507. The molecule has 0 unspecified atom stereocenters. The summed E-state index contributed by atoms with van der Waals surface area (Å²) in [7, 11) is 0. The zero-order valence-electron chi connectivity index (χ0n) is 10.7. The van der Waals surface area contributed by atoms with E-state index in [1.165, 1.54) is 12.1 Å². The topological polar surface area (TPSA) is 29.5 Å². The molecule has 1 aromatic rings. The predicted molar refractivity (Wildman–Crippen MR) is 83.9 cm³/mol. The van der Waals surface area contributed by atoms with Crippen LogP contribution in [0.3, 0.4) is 0 Å². The molecule has 1 amide bonds. The van der Waals surface area contributed by atoms with Gasteiger partial charge in [-0.25, -0.2) is 0 Å². The lowest BCUT2D eigenvalue weighted by atomic mass is 10.3. The molecular weight excluding hydrogens is 321 g/mol. The zero-order chi connectivity index (χ0) is 15.1. The molecule has 0 aromatic heterocycles. The van der Waals surface area contributed by atoms with Crippen LogP contribution < -0.4 is 4.74 Å². The summed E-state index contributed by atoms with van der Waals surface area (Å²) in [6.07, 6.45) is 3.26. The molecule has 6 heteroatoms. The molecule has 108 valence electrons. The second kappa shape index (κ2) is 8.20. The lowest BCUT2D eigenvalue weighted by Gasteiger charge is -2.19. The summed E-state index contributed by atoms with van der Waals surface area (Å²) in [5.74, 6) is 0.110. The minimum atomic E-state index is -0.202. The van der Waals surface area contributed by atoms with E-state index in [0.717, 1.165) is 0 Å². The molecule has 0 bridgehead atoms. The zero-order valence-corrected chi connectivity index (χ0v) is 13.0. The van der Waals surface area contributed by atoms with Crippen LogP contribution in [-0.2, 0) is 4.79 Å². The Morgan fingerprint density at radius 1 is 1.10 bits per heavy atom. The van der Waals surface area contributed by atoms with Crippen LogP contribution in [0.4, 0.5) is 0 Å². The lowest BCUT2D eigenvalue weighted by molar-refractivity contribution is -0.132. The Labute approximate surface area is 133 Å². The lowest BCUT2D eigenvalue weighted by Crippen LogP contribution is -2.35. The Hall–Kier alpha value is -1.16. The van der Waals surface area contributed by atoms with Crippen molar-refractivity contribution in [1.29, 1.82) is 0 Å². The number of halogens is 3. The van der Waals surface area contributed by atoms with Gasteiger partial charge in [-0.05, 0) is 6.07 Å². The van der Waals surface area contributed by atoms with Crippen LogP contribution in [-0.4, -0.2) is 30.5 Å². The Morgan fingerprint density at radius 2 is 1.65 bits per heavy atom. The average Bonchev–Trinajstić information content (AvgIpc) is 2.41. The highest BCUT2D eigenvalue weighted by molar-refractivity contribution is 6.43. The first-order valence-electron chi connectivity index (χ1n) is 5.76. The molecule has 0 saturated carbocycles. The van der Waals surface area contributed by atoms with Crippen LogP contribution in [0.15, 0.2) is 37.4 Å². The standard InChI is InChI=1S/C14H14Cl3NO2/c1-3-5-18(6-4-2)14(19)9-20-13-8-11(16)10(15)7-12(13)17/h3-4,7-8H,1-2,5-6,9H2. The fourth-order valence-corrected chi connectivity index (χ4v) is 2.03. The van der Waals surface area contributed by atoms with Crippen molar-refractivity contribution in [2.75, 3.05) is 19.7 Å². The number of hydrogen-bond acceptors (Lipinski definition) is 2. The third-order valence-corrected chi connectivity index (χ3v) is 3.40. The molecule has 3 nitrogen and oxygen atoms in total. The van der Waals surface area contributed by atoms with Crippen LogP contribution >= 0.6 is 34.8 Å². The molecule has 0 radical (unpaired) electrons. The van der Waals surface area contributed by atoms with E-state index >= 15 is 0 Å². The number of carbonyl (C=O) groups excluding carboxylic acids is 1. The van der Waals surface area contributed by atoms with Gasteiger partial charge in [-0.2, -0.15) is 0 Å². The smallest absolute Gasteiger partial charge is 0.261 e. The van der Waals surface area contributed by atoms with Crippen molar-refractivity contribution in [3.63, 3.8) is 0 Å². The van der Waals surface area contributed by atoms with Crippen LogP contribution in [0.5, 0.6) is 5.75 Å². The summed E-state index contributed by atoms with van der Waals surface area (Å²) in [6, 6.07) is 2.95. The highest BCUT2D eigenvalue weighted by Crippen LogP contribution is 2.33. The van der Waals surface area contributed by atoms with E-state index in [4.69, 9.17) is 39.5 Å². The highest BCUT2D eigenvalue weighted by atomic mass is 35.5. The molecule has 0 saturated heterocycles. The van der Waals surface area contributed by atoms with Crippen LogP contribution in [0.25, 0.3) is 0 Å². The third-order valence-electron chi connectivity index (χ3n) is 2.38. The molecule has 0 spiro atoms. The van der Waals surface area contributed by atoms with E-state index in [1.807, 2.05) is 0 Å². The normalized spacial score (nSPS) is 9.95. The number of benzene rings is 1. The molecule has 1 aromatic carbocycles. The van der Waals surface area contributed by atoms with Gasteiger partial charge < -0.3 is 9.64 Å². The Morgan fingerprint density at radius 3 is 2.20 bits per heavy atom. The first kappa shape index (κ1) is 16.9. The molecule has 0 aliphatic rings. The molecule has 0 N–H and O–H groups in total. The van der Waals surface area contributed by atoms with Gasteiger partial charge >= 0.3 is 0 Å². The molecule has 0 fully saturated rings. The maximum atomic E-state index is 12.0. The molecule has 0 aliphatic heterocycles. The van der Waals surface area contributed by atoms with Gasteiger partial charge in [-0.3, -0.25) is 4.79 Å². The van der Waals surface area contributed by atoms with E-state index in [-0.39, 0.29) is 12.5 Å². The monoisotopic (exact) mass is 333 g/mol. The SMILES string of the molecule is C=CCN(CC=C)C(=O)COc1cc(Cl)c(Cl)cc1Cl. The summed E-state index contributed by atoms with van der Waals surface area (Å²) in [5, 5.41) is 0.939. The molecule has 0 atom stereocenters. The van der Waals surface area contributed by atoms with Crippen LogP contribution in [0.2, 0.25) is 15.1 Å². The first-order valence-corrected chi connectivity index (χ1v) is 6.90. The second-order valence-corrected chi connectivity index (χ2v) is 5.08. The first-order chi connectivity index (χ1) is 9.49. The largest absolute Gasteiger partial charge is 0.482 e. The molecule has 0 heterocycles. The minimum Gasteiger partial charge on any atom is -0.482 e. The third kappa shape index (κ3) is 4.75. The van der Waals surface area contributed by atoms with E-state index in [1.54, 1.807) is 17.1 Å². The summed E-state index contributed by atoms with van der Waals surface area (Å²) < 4.78 is 5.37. The Balaban J connectivity index is 2.70. The quantitative estimate of drug-likeness (QED) is 0.552. The number of carbonyl (C=O) groups is 1. The number of ether oxygens (including phenoxy) is 1. The molecule has 0 aliphatic carbocycles. The van der Waals surface area contributed by atoms with Crippen molar-refractivity contribution in [3.8, 4) is 5.75 Å². The Kier molecular flexibility index (Phi) is 6.93. The fraction of sp³-hybridized carbons (Fsp3) is 0.214. The van der Waals surface area contributed by atoms with Crippen molar-refractivity contribution < 1.29 is 9.53 Å². The van der Waals surface area contributed by atoms with E-state index in [2.05, 4.69) is 13.2 Å². The second-order valence-electron chi connectivity index (χ2n) is 3.86. The van der Waals surface area contributed by atoms with Crippen LogP contribution in [0, 0.1) is 0 Å². The summed E-state index contributed by atoms with van der Waals surface area (Å²) in [6.45, 7) is 7.88. The van der Waals surface area contributed by atoms with Gasteiger partial charge in [0.25, 0.3) is 5.91 Å². The van der Waals surface area contributed by atoms with E-state index < -0.39 is 0 Å². The minimum absolute atomic E-state index is 0.153. The van der Waals surface area contributed by atoms with E-state index in [0.29, 0.717) is 33.9 Å². The molecule has 1 rings (SSSR count). The number of nitrogens with zero attached hydrogens (tertiary/aromatic N) is 1. The maximum Gasteiger partial charge on any atom is 0.261 e. The summed E-state index contributed by atoms with van der Waals surface area (Å²) in [4.78, 5) is 13.5. The van der Waals surface area contributed by atoms with Gasteiger partial charge in [-0.1, -0.05) is 47.0 Å². The average molecular weight is 335 g/mol. The molecule has 20 heavy (non-hydrogen) atoms. The van der Waals surface area contributed by atoms with Gasteiger partial charge in [0.05, 0.1) is 15.1 Å². The number of amides is 1. The van der Waals surface area contributed by atoms with Gasteiger partial charge in [0.1, 0.15) is 5.75 Å². The predicted octanol–water partition coefficient (Wildman–Crippen LogP) is 4.23. The summed E-state index contributed by atoms with van der Waals surface area (Å²) in [5.41, 5.74) is 0. The van der Waals surface area contributed by atoms with Crippen molar-refractivity contribution in [1.82, 2.24) is 4.90 Å². The van der Waals surface area contributed by atoms with Gasteiger partial charge in [0.15, 0.2) is 6.61 Å². The van der Waals surface area contributed by atoms with Crippen molar-refractivity contribution in [2.45, 2.75) is 0 Å². The van der Waals surface area contributed by atoms with Crippen molar-refractivity contribution in [2.24, 2.45) is 0 Å². The van der Waals surface area contributed by atoms with Gasteiger partial charge in [0, 0.05) is 19.2 Å². The number of hydrogen-bond donors (Lipinski definition) is 0. The highest BCUT2D eigenvalue weighted by Gasteiger charge is 2.13. The van der Waals surface area contributed by atoms with Gasteiger partial charge in [0.2, 0.25) is 0 Å².